The van der Waals surface area contributed by atoms with Gasteiger partial charge in [0.2, 0.25) is 5.82 Å². The van der Waals surface area contributed by atoms with Gasteiger partial charge in [0.25, 0.3) is 0 Å². The first-order valence-electron chi connectivity index (χ1n) is 4.49. The normalized spacial score (nSPS) is 11.2. The first kappa shape index (κ1) is 8.74. The van der Waals surface area contributed by atoms with Gasteiger partial charge in [-0.2, -0.15) is 10.2 Å². The van der Waals surface area contributed by atoms with E-state index in [1.807, 2.05) is 31.2 Å². The van der Waals surface area contributed by atoms with E-state index in [1.54, 1.807) is 6.20 Å². The third-order valence-corrected chi connectivity index (χ3v) is 1.86. The number of rotatable bonds is 2. The lowest BCUT2D eigenvalue weighted by molar-refractivity contribution is 0.957. The van der Waals surface area contributed by atoms with E-state index in [9.17, 15) is 0 Å². The Balaban J connectivity index is 2.59. The summed E-state index contributed by atoms with van der Waals surface area (Å²) < 4.78 is 0. The van der Waals surface area contributed by atoms with E-state index in [2.05, 4.69) is 20.4 Å². The summed E-state index contributed by atoms with van der Waals surface area (Å²) in [6.07, 6.45) is 1.72. The highest BCUT2D eigenvalue weighted by molar-refractivity contribution is 5.89. The summed E-state index contributed by atoms with van der Waals surface area (Å²) in [4.78, 5) is 0. The van der Waals surface area contributed by atoms with E-state index in [4.69, 9.17) is 0 Å². The Kier molecular flexibility index (Phi) is 2.44. The predicted octanol–water partition coefficient (Wildman–Crippen LogP) is 2.73. The summed E-state index contributed by atoms with van der Waals surface area (Å²) >= 11 is 0. The molecule has 0 unspecified atom stereocenters. The van der Waals surface area contributed by atoms with Crippen LogP contribution in [0.2, 0.25) is 0 Å². The Morgan fingerprint density at radius 1 is 1.29 bits per heavy atom. The van der Waals surface area contributed by atoms with Crippen molar-refractivity contribution >= 4 is 16.6 Å². The summed E-state index contributed by atoms with van der Waals surface area (Å²) in [6, 6.07) is 7.86. The first-order chi connectivity index (χ1) is 6.92. The average Bonchev–Trinajstić information content (AvgIpc) is 2.26. The number of benzene rings is 1. The maximum Gasteiger partial charge on any atom is 0.203 e. The minimum absolute atomic E-state index is 0.588. The van der Waals surface area contributed by atoms with Crippen molar-refractivity contribution in [2.75, 3.05) is 6.54 Å². The van der Waals surface area contributed by atoms with Crippen molar-refractivity contribution in [2.24, 2.45) is 10.2 Å². The molecule has 0 saturated carbocycles. The van der Waals surface area contributed by atoms with Gasteiger partial charge in [-0.05, 0) is 6.92 Å². The van der Waals surface area contributed by atoms with Gasteiger partial charge >= 0.3 is 0 Å². The molecule has 1 heterocycles. The van der Waals surface area contributed by atoms with Gasteiger partial charge < -0.3 is 0 Å². The molecule has 0 saturated heterocycles. The van der Waals surface area contributed by atoms with Crippen molar-refractivity contribution in [3.63, 3.8) is 0 Å². The van der Waals surface area contributed by atoms with Crippen LogP contribution >= 0.6 is 0 Å². The van der Waals surface area contributed by atoms with Crippen molar-refractivity contribution < 1.29 is 0 Å². The molecule has 70 valence electrons. The van der Waals surface area contributed by atoms with Gasteiger partial charge in [-0.25, -0.2) is 0 Å². The lowest BCUT2D eigenvalue weighted by Crippen LogP contribution is -1.82. The molecule has 0 bridgehead atoms. The quantitative estimate of drug-likeness (QED) is 0.677. The number of aromatic nitrogens is 2. The van der Waals surface area contributed by atoms with Crippen LogP contribution in [-0.4, -0.2) is 16.7 Å². The molecule has 4 nitrogen and oxygen atoms in total. The van der Waals surface area contributed by atoms with Crippen LogP contribution in [0.15, 0.2) is 40.7 Å². The van der Waals surface area contributed by atoms with Gasteiger partial charge in [-0.1, -0.05) is 24.3 Å². The highest BCUT2D eigenvalue weighted by atomic mass is 15.2. The van der Waals surface area contributed by atoms with Crippen LogP contribution in [0.5, 0.6) is 0 Å². The van der Waals surface area contributed by atoms with Gasteiger partial charge in [0, 0.05) is 10.8 Å². The summed E-state index contributed by atoms with van der Waals surface area (Å²) in [5, 5.41) is 17.7. The standard InChI is InChI=1S/C10H10N4/c1-2-11-13-10-9-6-4-3-5-8(9)7-12-14-10/h3-7H,2H2,1H3. The lowest BCUT2D eigenvalue weighted by Gasteiger charge is -1.97. The van der Waals surface area contributed by atoms with Crippen LogP contribution in [0.25, 0.3) is 10.8 Å². The van der Waals surface area contributed by atoms with Crippen LogP contribution in [0.4, 0.5) is 5.82 Å². The Labute approximate surface area is 81.7 Å². The SMILES string of the molecule is CCN=Nc1nncc2ccccc12. The van der Waals surface area contributed by atoms with Crippen LogP contribution < -0.4 is 0 Å². The van der Waals surface area contributed by atoms with Gasteiger partial charge in [-0.15, -0.1) is 10.2 Å². The molecule has 0 amide bonds. The molecular formula is C10H10N4. The zero-order valence-corrected chi connectivity index (χ0v) is 7.88. The topological polar surface area (TPSA) is 50.5 Å². The monoisotopic (exact) mass is 186 g/mol. The van der Waals surface area contributed by atoms with Crippen LogP contribution in [0.1, 0.15) is 6.92 Å². The van der Waals surface area contributed by atoms with Crippen LogP contribution in [-0.2, 0) is 0 Å². The third-order valence-electron chi connectivity index (χ3n) is 1.86. The molecule has 2 aromatic rings. The number of hydrogen-bond acceptors (Lipinski definition) is 4. The molecule has 0 spiro atoms. The zero-order chi connectivity index (χ0) is 9.80. The summed E-state index contributed by atoms with van der Waals surface area (Å²) in [5.41, 5.74) is 0. The second-order valence-electron chi connectivity index (χ2n) is 2.81. The molecule has 14 heavy (non-hydrogen) atoms. The second kappa shape index (κ2) is 3.91. The van der Waals surface area contributed by atoms with Crippen molar-refractivity contribution in [2.45, 2.75) is 6.92 Å². The molecule has 0 aliphatic heterocycles. The van der Waals surface area contributed by atoms with E-state index in [-0.39, 0.29) is 0 Å². The number of fused-ring (bicyclic) bond motifs is 1. The number of nitrogens with zero attached hydrogens (tertiary/aromatic N) is 4. The van der Waals surface area contributed by atoms with Crippen molar-refractivity contribution in [3.8, 4) is 0 Å². The van der Waals surface area contributed by atoms with Crippen LogP contribution in [0.3, 0.4) is 0 Å². The Bertz CT molecular complexity index is 459. The molecule has 0 fully saturated rings. The maximum atomic E-state index is 4.00. The fraction of sp³-hybridized carbons (Fsp3) is 0.200. The fourth-order valence-electron chi connectivity index (χ4n) is 1.22. The zero-order valence-electron chi connectivity index (χ0n) is 7.88. The molecule has 1 aromatic heterocycles. The molecule has 0 atom stereocenters. The lowest BCUT2D eigenvalue weighted by atomic mass is 10.2. The second-order valence-corrected chi connectivity index (χ2v) is 2.81. The van der Waals surface area contributed by atoms with Gasteiger partial charge in [0.15, 0.2) is 0 Å². The Hall–Kier alpha value is -1.84. The number of azo groups is 1. The van der Waals surface area contributed by atoms with E-state index in [0.29, 0.717) is 12.4 Å². The van der Waals surface area contributed by atoms with Crippen LogP contribution in [0, 0.1) is 0 Å². The molecule has 0 aliphatic rings. The molecular weight excluding hydrogens is 176 g/mol. The van der Waals surface area contributed by atoms with E-state index in [1.165, 1.54) is 0 Å². The highest BCUT2D eigenvalue weighted by Gasteiger charge is 1.99. The van der Waals surface area contributed by atoms with Crippen molar-refractivity contribution in [3.05, 3.63) is 30.5 Å². The highest BCUT2D eigenvalue weighted by Crippen LogP contribution is 2.21. The van der Waals surface area contributed by atoms with Crippen molar-refractivity contribution in [1.29, 1.82) is 0 Å². The predicted molar refractivity (Wildman–Crippen MR) is 54.6 cm³/mol. The van der Waals surface area contributed by atoms with Gasteiger partial charge in [-0.3, -0.25) is 0 Å². The number of hydrogen-bond donors (Lipinski definition) is 0. The van der Waals surface area contributed by atoms with E-state index in [0.717, 1.165) is 10.8 Å². The fourth-order valence-corrected chi connectivity index (χ4v) is 1.22. The molecule has 0 aliphatic carbocycles. The van der Waals surface area contributed by atoms with E-state index >= 15 is 0 Å². The molecule has 0 N–H and O–H groups in total. The summed E-state index contributed by atoms with van der Waals surface area (Å²) in [5.74, 6) is 0.588. The van der Waals surface area contributed by atoms with Crippen molar-refractivity contribution in [1.82, 2.24) is 10.2 Å². The third kappa shape index (κ3) is 1.59. The molecule has 0 radical (unpaired) electrons. The Morgan fingerprint density at radius 3 is 3.00 bits per heavy atom. The maximum absolute atomic E-state index is 4.00. The largest absolute Gasteiger partial charge is 0.203 e. The summed E-state index contributed by atoms with van der Waals surface area (Å²) in [7, 11) is 0. The van der Waals surface area contributed by atoms with Gasteiger partial charge in [0.05, 0.1) is 12.7 Å². The minimum atomic E-state index is 0.588. The Morgan fingerprint density at radius 2 is 2.14 bits per heavy atom. The summed E-state index contributed by atoms with van der Waals surface area (Å²) in [6.45, 7) is 2.59. The minimum Gasteiger partial charge on any atom is -0.187 e. The smallest absolute Gasteiger partial charge is 0.187 e. The molecule has 1 aromatic carbocycles. The van der Waals surface area contributed by atoms with E-state index < -0.39 is 0 Å². The molecule has 4 heteroatoms. The van der Waals surface area contributed by atoms with Gasteiger partial charge in [0.1, 0.15) is 0 Å². The first-order valence-corrected chi connectivity index (χ1v) is 4.49. The average molecular weight is 186 g/mol. The molecule has 2 rings (SSSR count).